The summed E-state index contributed by atoms with van der Waals surface area (Å²) in [4.78, 5) is 23.4. The number of nitrogens with two attached hydrogens (primary N) is 1. The van der Waals surface area contributed by atoms with Gasteiger partial charge in [-0.3, -0.25) is 4.79 Å². The average Bonchev–Trinajstić information content (AvgIpc) is 2.50. The fraction of sp³-hybridized carbons (Fsp3) is 0.0667. The first-order valence-corrected chi connectivity index (χ1v) is 6.44. The topological polar surface area (TPSA) is 81.4 Å². The molecule has 0 radical (unpaired) electrons. The molecular weight excluding hydrogens is 292 g/mol. The fourth-order valence-corrected chi connectivity index (χ4v) is 1.92. The number of nitrogens with one attached hydrogen (secondary N) is 1. The van der Waals surface area contributed by atoms with Crippen molar-refractivity contribution in [3.8, 4) is 0 Å². The number of esters is 1. The van der Waals surface area contributed by atoms with Gasteiger partial charge in [0, 0.05) is 5.69 Å². The summed E-state index contributed by atoms with van der Waals surface area (Å²) < 4.78 is 4.60. The van der Waals surface area contributed by atoms with E-state index in [0.29, 0.717) is 21.8 Å². The predicted octanol–water partition coefficient (Wildman–Crippen LogP) is 2.96. The molecule has 6 heteroatoms. The molecule has 21 heavy (non-hydrogen) atoms. The molecule has 0 aliphatic rings. The first kappa shape index (κ1) is 14.9. The van der Waals surface area contributed by atoms with Crippen LogP contribution in [0.25, 0.3) is 0 Å². The van der Waals surface area contributed by atoms with Crippen LogP contribution in [0.1, 0.15) is 20.7 Å². The van der Waals surface area contributed by atoms with Gasteiger partial charge in [0.2, 0.25) is 0 Å². The largest absolute Gasteiger partial charge is 0.465 e. The van der Waals surface area contributed by atoms with Crippen LogP contribution in [0.2, 0.25) is 5.02 Å². The first-order chi connectivity index (χ1) is 10.0. The van der Waals surface area contributed by atoms with Gasteiger partial charge in [-0.15, -0.1) is 0 Å². The molecule has 0 aliphatic carbocycles. The van der Waals surface area contributed by atoms with Crippen LogP contribution in [0, 0.1) is 0 Å². The SMILES string of the molecule is COC(=O)c1ccc(NC(=O)c2cccc(Cl)c2N)cc1. The lowest BCUT2D eigenvalue weighted by Gasteiger charge is -2.09. The predicted molar refractivity (Wildman–Crippen MR) is 81.6 cm³/mol. The summed E-state index contributed by atoms with van der Waals surface area (Å²) in [6.07, 6.45) is 0. The number of anilines is 2. The molecule has 0 saturated heterocycles. The molecule has 3 N–H and O–H groups in total. The van der Waals surface area contributed by atoms with E-state index in [-0.39, 0.29) is 11.6 Å². The minimum Gasteiger partial charge on any atom is -0.465 e. The Balaban J connectivity index is 2.16. The lowest BCUT2D eigenvalue weighted by molar-refractivity contribution is 0.0600. The highest BCUT2D eigenvalue weighted by Crippen LogP contribution is 2.23. The summed E-state index contributed by atoms with van der Waals surface area (Å²) in [5, 5.41) is 3.00. The minimum atomic E-state index is -0.438. The number of para-hydroxylation sites is 1. The number of ether oxygens (including phenoxy) is 1. The fourth-order valence-electron chi connectivity index (χ4n) is 1.74. The lowest BCUT2D eigenvalue weighted by Crippen LogP contribution is -2.14. The van der Waals surface area contributed by atoms with Crippen LogP contribution in [0.5, 0.6) is 0 Å². The van der Waals surface area contributed by atoms with E-state index in [1.165, 1.54) is 7.11 Å². The van der Waals surface area contributed by atoms with Gasteiger partial charge in [0.05, 0.1) is 28.9 Å². The molecule has 0 bridgehead atoms. The van der Waals surface area contributed by atoms with Gasteiger partial charge in [-0.1, -0.05) is 17.7 Å². The number of methoxy groups -OCH3 is 1. The van der Waals surface area contributed by atoms with Gasteiger partial charge in [-0.2, -0.15) is 0 Å². The first-order valence-electron chi connectivity index (χ1n) is 6.06. The molecule has 1 amide bonds. The molecule has 2 rings (SSSR count). The molecule has 0 saturated carbocycles. The van der Waals surface area contributed by atoms with Crippen molar-refractivity contribution in [3.63, 3.8) is 0 Å². The van der Waals surface area contributed by atoms with E-state index in [1.54, 1.807) is 42.5 Å². The third-order valence-corrected chi connectivity index (χ3v) is 3.19. The third kappa shape index (κ3) is 3.32. The zero-order valence-corrected chi connectivity index (χ0v) is 12.0. The Kier molecular flexibility index (Phi) is 4.45. The number of hydrogen-bond acceptors (Lipinski definition) is 4. The summed E-state index contributed by atoms with van der Waals surface area (Å²) >= 11 is 5.88. The third-order valence-electron chi connectivity index (χ3n) is 2.86. The number of amides is 1. The lowest BCUT2D eigenvalue weighted by atomic mass is 10.1. The standard InChI is InChI=1S/C15H13ClN2O3/c1-21-15(20)9-5-7-10(8-6-9)18-14(19)11-3-2-4-12(16)13(11)17/h2-8H,17H2,1H3,(H,18,19). The smallest absolute Gasteiger partial charge is 0.337 e. The van der Waals surface area contributed by atoms with Crippen molar-refractivity contribution in [1.82, 2.24) is 0 Å². The quantitative estimate of drug-likeness (QED) is 0.674. The molecule has 0 fully saturated rings. The Labute approximate surface area is 126 Å². The van der Waals surface area contributed by atoms with E-state index in [4.69, 9.17) is 17.3 Å². The summed E-state index contributed by atoms with van der Waals surface area (Å²) in [5.41, 5.74) is 7.22. The van der Waals surface area contributed by atoms with Crippen LogP contribution in [-0.4, -0.2) is 19.0 Å². The van der Waals surface area contributed by atoms with E-state index >= 15 is 0 Å². The van der Waals surface area contributed by atoms with Gasteiger partial charge < -0.3 is 15.8 Å². The Morgan fingerprint density at radius 2 is 1.81 bits per heavy atom. The zero-order valence-electron chi connectivity index (χ0n) is 11.2. The highest BCUT2D eigenvalue weighted by molar-refractivity contribution is 6.34. The van der Waals surface area contributed by atoms with Crippen LogP contribution >= 0.6 is 11.6 Å². The number of carbonyl (C=O) groups is 2. The van der Waals surface area contributed by atoms with Gasteiger partial charge in [0.1, 0.15) is 0 Å². The minimum absolute atomic E-state index is 0.225. The number of halogens is 1. The Bertz CT molecular complexity index is 684. The maximum absolute atomic E-state index is 12.1. The Morgan fingerprint density at radius 1 is 1.14 bits per heavy atom. The van der Waals surface area contributed by atoms with Crippen molar-refractivity contribution < 1.29 is 14.3 Å². The average molecular weight is 305 g/mol. The molecular formula is C15H13ClN2O3. The summed E-state index contributed by atoms with van der Waals surface area (Å²) in [6, 6.07) is 11.2. The Hall–Kier alpha value is -2.53. The van der Waals surface area contributed by atoms with Gasteiger partial charge in [-0.05, 0) is 36.4 Å². The summed E-state index contributed by atoms with van der Waals surface area (Å²) in [7, 11) is 1.31. The maximum atomic E-state index is 12.1. The molecule has 0 aromatic heterocycles. The van der Waals surface area contributed by atoms with Crippen molar-refractivity contribution in [1.29, 1.82) is 0 Å². The molecule has 0 aliphatic heterocycles. The molecule has 2 aromatic carbocycles. The summed E-state index contributed by atoms with van der Waals surface area (Å²) in [5.74, 6) is -0.812. The van der Waals surface area contributed by atoms with E-state index in [1.807, 2.05) is 0 Å². The van der Waals surface area contributed by atoms with Gasteiger partial charge in [-0.25, -0.2) is 4.79 Å². The number of hydrogen-bond donors (Lipinski definition) is 2. The van der Waals surface area contributed by atoms with Crippen molar-refractivity contribution >= 4 is 34.9 Å². The molecule has 5 nitrogen and oxygen atoms in total. The molecule has 0 heterocycles. The number of carbonyl (C=O) groups excluding carboxylic acids is 2. The molecule has 108 valence electrons. The van der Waals surface area contributed by atoms with E-state index in [0.717, 1.165) is 0 Å². The van der Waals surface area contributed by atoms with Gasteiger partial charge in [0.25, 0.3) is 5.91 Å². The summed E-state index contributed by atoms with van der Waals surface area (Å²) in [6.45, 7) is 0. The number of nitrogen functional groups attached to an aromatic ring is 1. The van der Waals surface area contributed by atoms with Crippen molar-refractivity contribution in [2.24, 2.45) is 0 Å². The molecule has 2 aromatic rings. The monoisotopic (exact) mass is 304 g/mol. The number of rotatable bonds is 3. The van der Waals surface area contributed by atoms with Crippen LogP contribution in [-0.2, 0) is 4.74 Å². The molecule has 0 spiro atoms. The second-order valence-corrected chi connectivity index (χ2v) is 4.63. The zero-order chi connectivity index (χ0) is 15.4. The van der Waals surface area contributed by atoms with Crippen molar-refractivity contribution in [3.05, 3.63) is 58.6 Å². The maximum Gasteiger partial charge on any atom is 0.337 e. The molecule has 0 atom stereocenters. The van der Waals surface area contributed by atoms with Crippen molar-refractivity contribution in [2.45, 2.75) is 0 Å². The second kappa shape index (κ2) is 6.28. The van der Waals surface area contributed by atoms with Crippen LogP contribution in [0.4, 0.5) is 11.4 Å². The van der Waals surface area contributed by atoms with E-state index in [2.05, 4.69) is 10.1 Å². The van der Waals surface area contributed by atoms with Gasteiger partial charge >= 0.3 is 5.97 Å². The van der Waals surface area contributed by atoms with E-state index in [9.17, 15) is 9.59 Å². The Morgan fingerprint density at radius 3 is 2.43 bits per heavy atom. The highest BCUT2D eigenvalue weighted by Gasteiger charge is 2.12. The number of benzene rings is 2. The second-order valence-electron chi connectivity index (χ2n) is 4.22. The normalized spacial score (nSPS) is 10.0. The molecule has 0 unspecified atom stereocenters. The van der Waals surface area contributed by atoms with Crippen LogP contribution in [0.3, 0.4) is 0 Å². The van der Waals surface area contributed by atoms with Crippen LogP contribution in [0.15, 0.2) is 42.5 Å². The van der Waals surface area contributed by atoms with E-state index < -0.39 is 5.97 Å². The highest BCUT2D eigenvalue weighted by atomic mass is 35.5. The van der Waals surface area contributed by atoms with Crippen molar-refractivity contribution in [2.75, 3.05) is 18.2 Å². The van der Waals surface area contributed by atoms with Gasteiger partial charge in [0.15, 0.2) is 0 Å². The van der Waals surface area contributed by atoms with Crippen LogP contribution < -0.4 is 11.1 Å².